The molecule has 1 heterocycles. The Bertz CT molecular complexity index is 899. The average molecular weight is 351 g/mol. The molecule has 2 N–H and O–H groups in total. The number of aliphatic imine (C=N–C) groups is 1. The summed E-state index contributed by atoms with van der Waals surface area (Å²) in [7, 11) is 3.47. The van der Waals surface area contributed by atoms with Gasteiger partial charge in [0.1, 0.15) is 11.3 Å². The Kier molecular flexibility index (Phi) is 5.92. The molecule has 0 bridgehead atoms. The number of methoxy groups -OCH3 is 1. The van der Waals surface area contributed by atoms with Crippen molar-refractivity contribution in [2.45, 2.75) is 26.6 Å². The summed E-state index contributed by atoms with van der Waals surface area (Å²) in [4.78, 5) is 4.29. The molecule has 0 unspecified atom stereocenters. The van der Waals surface area contributed by atoms with E-state index >= 15 is 0 Å². The zero-order chi connectivity index (χ0) is 18.4. The average Bonchev–Trinajstić information content (AvgIpc) is 2.99. The van der Waals surface area contributed by atoms with E-state index in [0.29, 0.717) is 19.7 Å². The van der Waals surface area contributed by atoms with E-state index in [1.54, 1.807) is 14.2 Å². The first-order valence-electron chi connectivity index (χ1n) is 8.69. The van der Waals surface area contributed by atoms with Crippen LogP contribution in [0, 0.1) is 6.92 Å². The Morgan fingerprint density at radius 2 is 1.81 bits per heavy atom. The maximum absolute atomic E-state index is 5.94. The molecule has 0 aliphatic carbocycles. The maximum Gasteiger partial charge on any atom is 0.191 e. The van der Waals surface area contributed by atoms with Crippen LogP contribution in [-0.2, 0) is 24.4 Å². The SMILES string of the molecule is CN=C(NCc1cccc(COC)c1)NCc1oc2ccccc2c1C. The lowest BCUT2D eigenvalue weighted by atomic mass is 10.1. The standard InChI is InChI=1S/C21H25N3O2/c1-15-18-9-4-5-10-19(18)26-20(15)13-24-21(22-2)23-12-16-7-6-8-17(11-16)14-25-3/h4-11H,12-14H2,1-3H3,(H2,22,23,24). The molecule has 0 saturated heterocycles. The number of hydrogen-bond acceptors (Lipinski definition) is 3. The van der Waals surface area contributed by atoms with Gasteiger partial charge < -0.3 is 19.8 Å². The Balaban J connectivity index is 1.59. The predicted octanol–water partition coefficient (Wildman–Crippen LogP) is 3.75. The molecule has 5 nitrogen and oxygen atoms in total. The molecule has 0 saturated carbocycles. The van der Waals surface area contributed by atoms with E-state index in [4.69, 9.17) is 9.15 Å². The third-order valence-electron chi connectivity index (χ3n) is 4.34. The van der Waals surface area contributed by atoms with E-state index in [-0.39, 0.29) is 0 Å². The van der Waals surface area contributed by atoms with Crippen LogP contribution in [0.15, 0.2) is 57.9 Å². The van der Waals surface area contributed by atoms with E-state index in [1.165, 1.54) is 5.56 Å². The van der Waals surface area contributed by atoms with Crippen LogP contribution in [0.3, 0.4) is 0 Å². The Labute approximate surface area is 154 Å². The quantitative estimate of drug-likeness (QED) is 0.524. The molecule has 2 aromatic carbocycles. The van der Waals surface area contributed by atoms with Crippen molar-refractivity contribution in [1.82, 2.24) is 10.6 Å². The molecular formula is C21H25N3O2. The topological polar surface area (TPSA) is 58.8 Å². The number of ether oxygens (including phenoxy) is 1. The van der Waals surface area contributed by atoms with Gasteiger partial charge in [0, 0.05) is 31.7 Å². The summed E-state index contributed by atoms with van der Waals surface area (Å²) in [6.07, 6.45) is 0. The van der Waals surface area contributed by atoms with Gasteiger partial charge in [-0.05, 0) is 24.1 Å². The molecular weight excluding hydrogens is 326 g/mol. The van der Waals surface area contributed by atoms with Gasteiger partial charge in [-0.2, -0.15) is 0 Å². The number of benzene rings is 2. The summed E-state index contributed by atoms with van der Waals surface area (Å²) < 4.78 is 11.1. The van der Waals surface area contributed by atoms with Crippen molar-refractivity contribution in [1.29, 1.82) is 0 Å². The first kappa shape index (κ1) is 18.0. The highest BCUT2D eigenvalue weighted by atomic mass is 16.5. The molecule has 0 fully saturated rings. The second-order valence-electron chi connectivity index (χ2n) is 6.18. The van der Waals surface area contributed by atoms with E-state index < -0.39 is 0 Å². The highest BCUT2D eigenvalue weighted by Gasteiger charge is 2.10. The molecule has 5 heteroatoms. The van der Waals surface area contributed by atoms with Gasteiger partial charge in [0.05, 0.1) is 13.2 Å². The fourth-order valence-electron chi connectivity index (χ4n) is 2.96. The number of fused-ring (bicyclic) bond motifs is 1. The molecule has 1 aromatic heterocycles. The van der Waals surface area contributed by atoms with Crippen molar-refractivity contribution in [3.05, 3.63) is 71.0 Å². The lowest BCUT2D eigenvalue weighted by Crippen LogP contribution is -2.36. The van der Waals surface area contributed by atoms with E-state index in [1.807, 2.05) is 24.3 Å². The molecule has 0 aliphatic heterocycles. The minimum absolute atomic E-state index is 0.587. The lowest BCUT2D eigenvalue weighted by molar-refractivity contribution is 0.185. The van der Waals surface area contributed by atoms with Gasteiger partial charge in [-0.25, -0.2) is 0 Å². The Morgan fingerprint density at radius 3 is 2.58 bits per heavy atom. The molecule has 0 aliphatic rings. The van der Waals surface area contributed by atoms with Gasteiger partial charge in [-0.3, -0.25) is 4.99 Å². The van der Waals surface area contributed by atoms with Gasteiger partial charge in [0.2, 0.25) is 0 Å². The van der Waals surface area contributed by atoms with Crippen LogP contribution in [0.5, 0.6) is 0 Å². The molecule has 3 aromatic rings. The van der Waals surface area contributed by atoms with Crippen LogP contribution >= 0.6 is 0 Å². The number of guanidine groups is 1. The van der Waals surface area contributed by atoms with Crippen LogP contribution in [0.1, 0.15) is 22.5 Å². The van der Waals surface area contributed by atoms with Gasteiger partial charge in [0.15, 0.2) is 5.96 Å². The minimum Gasteiger partial charge on any atom is -0.459 e. The van der Waals surface area contributed by atoms with Crippen molar-refractivity contribution < 1.29 is 9.15 Å². The summed E-state index contributed by atoms with van der Waals surface area (Å²) >= 11 is 0. The van der Waals surface area contributed by atoms with E-state index in [9.17, 15) is 0 Å². The van der Waals surface area contributed by atoms with E-state index in [2.05, 4.69) is 46.8 Å². The van der Waals surface area contributed by atoms with E-state index in [0.717, 1.165) is 33.8 Å². The number of nitrogens with one attached hydrogen (secondary N) is 2. The number of furan rings is 1. The smallest absolute Gasteiger partial charge is 0.191 e. The molecule has 0 amide bonds. The second kappa shape index (κ2) is 8.54. The minimum atomic E-state index is 0.587. The Morgan fingerprint density at radius 1 is 1.04 bits per heavy atom. The van der Waals surface area contributed by atoms with Crippen LogP contribution in [0.25, 0.3) is 11.0 Å². The van der Waals surface area contributed by atoms with Crippen LogP contribution in [-0.4, -0.2) is 20.1 Å². The summed E-state index contributed by atoms with van der Waals surface area (Å²) in [6.45, 7) is 3.98. The van der Waals surface area contributed by atoms with Crippen LogP contribution in [0.4, 0.5) is 0 Å². The second-order valence-corrected chi connectivity index (χ2v) is 6.18. The Hall–Kier alpha value is -2.79. The third kappa shape index (κ3) is 4.24. The van der Waals surface area contributed by atoms with Crippen molar-refractivity contribution >= 4 is 16.9 Å². The molecule has 0 atom stereocenters. The predicted molar refractivity (Wildman–Crippen MR) is 105 cm³/mol. The van der Waals surface area contributed by atoms with Gasteiger partial charge in [-0.1, -0.05) is 42.5 Å². The lowest BCUT2D eigenvalue weighted by Gasteiger charge is -2.12. The number of aryl methyl sites for hydroxylation is 1. The van der Waals surface area contributed by atoms with Gasteiger partial charge >= 0.3 is 0 Å². The normalized spacial score (nSPS) is 11.7. The number of para-hydroxylation sites is 1. The number of rotatable bonds is 6. The van der Waals surface area contributed by atoms with Gasteiger partial charge in [0.25, 0.3) is 0 Å². The summed E-state index contributed by atoms with van der Waals surface area (Å²) in [5.41, 5.74) is 4.42. The largest absolute Gasteiger partial charge is 0.459 e. The first-order valence-corrected chi connectivity index (χ1v) is 8.69. The van der Waals surface area contributed by atoms with Crippen molar-refractivity contribution in [3.63, 3.8) is 0 Å². The van der Waals surface area contributed by atoms with Gasteiger partial charge in [-0.15, -0.1) is 0 Å². The van der Waals surface area contributed by atoms with Crippen molar-refractivity contribution in [2.75, 3.05) is 14.2 Å². The number of nitrogens with zero attached hydrogens (tertiary/aromatic N) is 1. The zero-order valence-electron chi connectivity index (χ0n) is 15.5. The molecule has 26 heavy (non-hydrogen) atoms. The molecule has 0 spiro atoms. The van der Waals surface area contributed by atoms with Crippen molar-refractivity contribution in [3.8, 4) is 0 Å². The summed E-state index contributed by atoms with van der Waals surface area (Å²) in [5.74, 6) is 1.67. The number of hydrogen-bond donors (Lipinski definition) is 2. The third-order valence-corrected chi connectivity index (χ3v) is 4.34. The highest BCUT2D eigenvalue weighted by Crippen LogP contribution is 2.24. The zero-order valence-corrected chi connectivity index (χ0v) is 15.5. The fourth-order valence-corrected chi connectivity index (χ4v) is 2.96. The summed E-state index contributed by atoms with van der Waals surface area (Å²) in [6, 6.07) is 16.4. The van der Waals surface area contributed by atoms with Crippen molar-refractivity contribution in [2.24, 2.45) is 4.99 Å². The maximum atomic E-state index is 5.94. The molecule has 3 rings (SSSR count). The summed E-state index contributed by atoms with van der Waals surface area (Å²) in [5, 5.41) is 7.81. The van der Waals surface area contributed by atoms with Crippen LogP contribution < -0.4 is 10.6 Å². The highest BCUT2D eigenvalue weighted by molar-refractivity contribution is 5.82. The molecule has 136 valence electrons. The fraction of sp³-hybridized carbons (Fsp3) is 0.286. The monoisotopic (exact) mass is 351 g/mol. The first-order chi connectivity index (χ1) is 12.7. The van der Waals surface area contributed by atoms with Crippen LogP contribution in [0.2, 0.25) is 0 Å². The molecule has 0 radical (unpaired) electrons.